The van der Waals surface area contributed by atoms with Gasteiger partial charge in [-0.2, -0.15) is 44.9 Å². The van der Waals surface area contributed by atoms with E-state index in [1.54, 1.807) is 6.07 Å². The summed E-state index contributed by atoms with van der Waals surface area (Å²) >= 11 is 35.2. The molecule has 0 atom stereocenters. The molecule has 6 aromatic carbocycles. The number of nitrogen functional groups attached to an aromatic ring is 1. The van der Waals surface area contributed by atoms with Crippen molar-refractivity contribution in [3.05, 3.63) is 199 Å². The van der Waals surface area contributed by atoms with E-state index in [-0.39, 0.29) is 15.9 Å². The third kappa shape index (κ3) is 28.7. The minimum Gasteiger partial charge on any atom is -0.487 e. The monoisotopic (exact) mass is 1610 g/mol. The number of nitrogens with zero attached hydrogens (tertiary/aromatic N) is 13. The van der Waals surface area contributed by atoms with E-state index in [1.807, 2.05) is 127 Å². The number of piperidine rings is 3. The highest BCUT2D eigenvalue weighted by molar-refractivity contribution is 6.34. The first-order valence-corrected chi connectivity index (χ1v) is 40.7. The molecule has 588 valence electrons. The average molecular weight is 1620 g/mol. The van der Waals surface area contributed by atoms with Gasteiger partial charge in [0.05, 0.1) is 10.0 Å². The lowest BCUT2D eigenvalue weighted by Crippen LogP contribution is -2.42. The van der Waals surface area contributed by atoms with Crippen LogP contribution in [-0.4, -0.2) is 159 Å². The quantitative estimate of drug-likeness (QED) is 0.0261. The van der Waals surface area contributed by atoms with Crippen molar-refractivity contribution < 1.29 is 9.47 Å². The summed E-state index contributed by atoms with van der Waals surface area (Å²) in [5.41, 5.74) is 12.5. The van der Waals surface area contributed by atoms with Gasteiger partial charge in [0, 0.05) is 66.4 Å². The predicted octanol–water partition coefficient (Wildman–Crippen LogP) is 18.3. The summed E-state index contributed by atoms with van der Waals surface area (Å²) in [7, 11) is 10.6. The largest absolute Gasteiger partial charge is 0.487 e. The zero-order valence-electron chi connectivity index (χ0n) is 63.8. The van der Waals surface area contributed by atoms with Crippen LogP contribution in [0.25, 0.3) is 0 Å². The maximum Gasteiger partial charge on any atom is 0.233 e. The van der Waals surface area contributed by atoms with E-state index in [0.29, 0.717) is 100 Å². The molecule has 0 spiro atoms. The first kappa shape index (κ1) is 84.6. The highest BCUT2D eigenvalue weighted by Crippen LogP contribution is 2.34. The number of likely N-dealkylation sites (tertiary alicyclic amines) is 2. The number of anilines is 9. The molecule has 8 N–H and O–H groups in total. The third-order valence-corrected chi connectivity index (χ3v) is 21.6. The first-order valence-electron chi connectivity index (χ1n) is 38.5. The van der Waals surface area contributed by atoms with E-state index in [1.165, 1.54) is 82.9 Å². The molecule has 3 aromatic heterocycles. The summed E-state index contributed by atoms with van der Waals surface area (Å²) in [5.74, 6) is 4.90. The van der Waals surface area contributed by atoms with Gasteiger partial charge in [0.1, 0.15) is 24.7 Å². The van der Waals surface area contributed by atoms with Gasteiger partial charge < -0.3 is 66.7 Å². The predicted molar refractivity (Wildman–Crippen MR) is 454 cm³/mol. The number of hydrogen-bond donors (Lipinski definition) is 7. The van der Waals surface area contributed by atoms with Crippen molar-refractivity contribution in [1.29, 1.82) is 0 Å². The molecule has 0 bridgehead atoms. The van der Waals surface area contributed by atoms with Crippen molar-refractivity contribution in [2.24, 2.45) is 0 Å². The van der Waals surface area contributed by atoms with Gasteiger partial charge in [0.25, 0.3) is 0 Å². The molecule has 110 heavy (non-hydrogen) atoms. The number of ether oxygens (including phenoxy) is 2. The molecule has 0 unspecified atom stereocenters. The first-order chi connectivity index (χ1) is 53.4. The van der Waals surface area contributed by atoms with E-state index in [9.17, 15) is 0 Å². The Kier molecular flexibility index (Phi) is 34.6. The maximum atomic E-state index is 6.59. The fourth-order valence-electron chi connectivity index (χ4n) is 13.6. The molecule has 22 nitrogen and oxygen atoms in total. The van der Waals surface area contributed by atoms with Crippen LogP contribution in [0.4, 0.5) is 52.8 Å². The fourth-order valence-corrected chi connectivity index (χ4v) is 15.0. The second kappa shape index (κ2) is 45.0. The van der Waals surface area contributed by atoms with Crippen LogP contribution >= 0.6 is 69.6 Å². The Morgan fingerprint density at radius 1 is 0.427 bits per heavy atom. The Morgan fingerprint density at radius 2 is 0.827 bits per heavy atom. The van der Waals surface area contributed by atoms with Gasteiger partial charge in [-0.05, 0) is 237 Å². The number of halogens is 6. The van der Waals surface area contributed by atoms with Crippen molar-refractivity contribution in [3.63, 3.8) is 0 Å². The molecular formula is C82H106Cl6N20O2. The molecule has 5 aliphatic rings. The lowest BCUT2D eigenvalue weighted by Gasteiger charge is -2.35. The van der Waals surface area contributed by atoms with E-state index >= 15 is 0 Å². The number of rotatable bonds is 21. The van der Waals surface area contributed by atoms with Gasteiger partial charge in [0.15, 0.2) is 0 Å². The van der Waals surface area contributed by atoms with Crippen molar-refractivity contribution in [3.8, 4) is 11.5 Å². The Labute approximate surface area is 679 Å². The SMILES string of the molecule is CN(c1nc(Nc2ccc(OCc3ccccc3)c(Cl)c2)nc(NC2CCCCCC2)n1)C1CCNCC1.CN1CCC(N(C)c2nc(Nc3ccc(OCc4ccccc4)c(Cl)c3)nc(NC3CCCCCC3)n2)CC1.CNC1CCN(C)CC1.Clc1nc(Cl)nc(Cl)n1.Nc1ccc(Cc2ccccc2)c(Cl)c1. The zero-order valence-corrected chi connectivity index (χ0v) is 68.3. The fraction of sp³-hybridized carbons (Fsp3) is 0.451. The molecule has 9 aromatic rings. The number of benzene rings is 6. The molecule has 28 heteroatoms. The maximum absolute atomic E-state index is 6.59. The van der Waals surface area contributed by atoms with Crippen LogP contribution in [0.1, 0.15) is 138 Å². The molecule has 5 fully saturated rings. The van der Waals surface area contributed by atoms with Crippen molar-refractivity contribution in [2.45, 2.75) is 165 Å². The van der Waals surface area contributed by atoms with Crippen molar-refractivity contribution >= 4 is 122 Å². The van der Waals surface area contributed by atoms with Crippen molar-refractivity contribution in [2.75, 3.05) is 111 Å². The van der Waals surface area contributed by atoms with Crippen LogP contribution in [0.5, 0.6) is 11.5 Å². The Morgan fingerprint density at radius 3 is 1.24 bits per heavy atom. The summed E-state index contributed by atoms with van der Waals surface area (Å²) < 4.78 is 11.9. The minimum absolute atomic E-state index is 0.000000000000000444. The Hall–Kier alpha value is -7.87. The van der Waals surface area contributed by atoms with Crippen molar-refractivity contribution in [1.82, 2.24) is 65.3 Å². The van der Waals surface area contributed by atoms with Crippen LogP contribution in [0, 0.1) is 0 Å². The smallest absolute Gasteiger partial charge is 0.233 e. The van der Waals surface area contributed by atoms with Crippen LogP contribution in [0.3, 0.4) is 0 Å². The van der Waals surface area contributed by atoms with Gasteiger partial charge in [-0.15, -0.1) is 0 Å². The summed E-state index contributed by atoms with van der Waals surface area (Å²) in [6.07, 6.45) is 22.6. The van der Waals surface area contributed by atoms with Gasteiger partial charge in [0.2, 0.25) is 51.5 Å². The van der Waals surface area contributed by atoms with E-state index < -0.39 is 0 Å². The highest BCUT2D eigenvalue weighted by Gasteiger charge is 2.26. The second-order valence-corrected chi connectivity index (χ2v) is 30.8. The van der Waals surface area contributed by atoms with Gasteiger partial charge >= 0.3 is 0 Å². The van der Waals surface area contributed by atoms with Crippen LogP contribution in [0.15, 0.2) is 146 Å². The Bertz CT molecular complexity index is 4140. The topological polar surface area (TPSA) is 246 Å². The summed E-state index contributed by atoms with van der Waals surface area (Å²) in [4.78, 5) is 48.4. The van der Waals surface area contributed by atoms with Gasteiger partial charge in [-0.25, -0.2) is 0 Å². The molecule has 14 rings (SSSR count). The van der Waals surface area contributed by atoms with E-state index in [2.05, 4.69) is 114 Å². The summed E-state index contributed by atoms with van der Waals surface area (Å²) in [5, 5.41) is 22.5. The second-order valence-electron chi connectivity index (χ2n) is 28.6. The lowest BCUT2D eigenvalue weighted by atomic mass is 10.0. The lowest BCUT2D eigenvalue weighted by molar-refractivity contribution is 0.240. The number of nitrogens with two attached hydrogens (primary N) is 1. The number of aromatic nitrogens is 9. The third-order valence-electron chi connectivity index (χ3n) is 20.2. The van der Waals surface area contributed by atoms with Gasteiger partial charge in [-0.1, -0.05) is 183 Å². The summed E-state index contributed by atoms with van der Waals surface area (Å²) in [6, 6.07) is 49.7. The number of hydrogen-bond acceptors (Lipinski definition) is 22. The molecule has 0 radical (unpaired) electrons. The minimum atomic E-state index is 0.000000000000000444. The molecular weight excluding hydrogens is 1510 g/mol. The Balaban J connectivity index is 0.000000166. The molecule has 3 saturated heterocycles. The van der Waals surface area contributed by atoms with E-state index in [4.69, 9.17) is 115 Å². The van der Waals surface area contributed by atoms with Crippen LogP contribution in [-0.2, 0) is 19.6 Å². The van der Waals surface area contributed by atoms with Crippen LogP contribution in [0.2, 0.25) is 30.9 Å². The normalized spacial score (nSPS) is 16.2. The van der Waals surface area contributed by atoms with Crippen LogP contribution < -0.4 is 56.9 Å². The standard InChI is InChI=1S/C30H40ClN7O.C29H38ClN7O.C13H12ClN.C7H16N2.C3Cl3N3/c1-37-18-16-25(17-19-37)38(2)30-35-28(32-23-12-8-3-4-9-13-23)34-29(36-30)33-24-14-15-27(26(31)20-24)39-21-22-10-6-5-7-11-22;1-37(24-15-17-31-18-16-24)29-35-27(32-22-11-7-2-3-8-12-22)34-28(36-29)33-23-13-14-26(25(30)19-23)38-20-21-9-5-4-6-10-21;14-13-9-12(15)7-6-11(13)8-10-4-2-1-3-5-10;1-8-7-3-5-9(2)6-4-7;4-1-7-2(5)9-3(6)8-1/h5-7,10-11,14-15,20,23,25H,3-4,8-9,12-13,16-19,21H2,1-2H3,(H2,32,33,34,35,36);4-6,9-10,13-14,19,22,24,31H,2-3,7-8,11-12,15-18,20H2,1H3,(H2,32,33,34,35,36);1-7,9H,8,15H2;7-8H,3-6H2,1-2H3;. The summed E-state index contributed by atoms with van der Waals surface area (Å²) in [6.45, 7) is 7.61. The number of nitrogens with one attached hydrogen (secondary N) is 6. The molecule has 2 saturated carbocycles. The molecule has 0 amide bonds. The zero-order chi connectivity index (χ0) is 77.4. The van der Waals surface area contributed by atoms with E-state index in [0.717, 1.165) is 123 Å². The molecule has 3 aliphatic heterocycles. The molecule has 6 heterocycles. The molecule has 2 aliphatic carbocycles. The average Bonchev–Trinajstić information content (AvgIpc) is 0.882. The highest BCUT2D eigenvalue weighted by atomic mass is 35.5. The van der Waals surface area contributed by atoms with Gasteiger partial charge in [-0.3, -0.25) is 0 Å².